The molecule has 1 unspecified atom stereocenters. The molecule has 1 aromatic heterocycles. The number of amides is 1. The first kappa shape index (κ1) is 15.6. The van der Waals surface area contributed by atoms with Gasteiger partial charge in [0, 0.05) is 12.2 Å². The van der Waals surface area contributed by atoms with Gasteiger partial charge < -0.3 is 10.1 Å². The van der Waals surface area contributed by atoms with E-state index in [0.29, 0.717) is 10.4 Å². The van der Waals surface area contributed by atoms with E-state index < -0.39 is 0 Å². The minimum atomic E-state index is -0.148. The highest BCUT2D eigenvalue weighted by atomic mass is 79.9. The maximum absolute atomic E-state index is 11.7. The molecule has 0 fully saturated rings. The Hall–Kier alpha value is -1.82. The lowest BCUT2D eigenvalue weighted by Crippen LogP contribution is -2.35. The van der Waals surface area contributed by atoms with Crippen molar-refractivity contribution in [1.29, 1.82) is 0 Å². The highest BCUT2D eigenvalue weighted by Gasteiger charge is 2.12. The number of benzene rings is 1. The van der Waals surface area contributed by atoms with Crippen LogP contribution in [0.3, 0.4) is 0 Å². The van der Waals surface area contributed by atoms with Crippen LogP contribution in [0.5, 0.6) is 5.88 Å². The molecule has 2 rings (SSSR count). The molecule has 2 aromatic rings. The summed E-state index contributed by atoms with van der Waals surface area (Å²) in [6.45, 7) is 3.93. The fourth-order valence-electron chi connectivity index (χ4n) is 1.70. The molecule has 0 saturated heterocycles. The minimum absolute atomic E-state index is 0.0469. The van der Waals surface area contributed by atoms with E-state index in [-0.39, 0.29) is 18.6 Å². The van der Waals surface area contributed by atoms with E-state index in [1.54, 1.807) is 10.9 Å². The van der Waals surface area contributed by atoms with Crippen LogP contribution in [-0.4, -0.2) is 28.3 Å². The lowest BCUT2D eigenvalue weighted by Gasteiger charge is -2.11. The zero-order valence-corrected chi connectivity index (χ0v) is 13.6. The molecule has 0 saturated carbocycles. The summed E-state index contributed by atoms with van der Waals surface area (Å²) in [5, 5.41) is 7.16. The van der Waals surface area contributed by atoms with E-state index in [2.05, 4.69) is 26.3 Å². The summed E-state index contributed by atoms with van der Waals surface area (Å²) in [5.74, 6) is 0.253. The number of aromatic nitrogens is 2. The van der Waals surface area contributed by atoms with Gasteiger partial charge in [-0.15, -0.1) is 5.10 Å². The number of hydrogen-bond acceptors (Lipinski definition) is 3. The van der Waals surface area contributed by atoms with E-state index in [0.717, 1.165) is 12.1 Å². The van der Waals surface area contributed by atoms with Gasteiger partial charge in [-0.05, 0) is 41.4 Å². The van der Waals surface area contributed by atoms with E-state index in [4.69, 9.17) is 4.74 Å². The van der Waals surface area contributed by atoms with Crippen molar-refractivity contribution in [3.05, 3.63) is 41.0 Å². The van der Waals surface area contributed by atoms with Crippen molar-refractivity contribution in [1.82, 2.24) is 15.1 Å². The Morgan fingerprint density at radius 2 is 2.14 bits per heavy atom. The Labute approximate surface area is 132 Å². The van der Waals surface area contributed by atoms with Crippen LogP contribution < -0.4 is 10.1 Å². The summed E-state index contributed by atoms with van der Waals surface area (Å²) in [6.07, 6.45) is 2.69. The number of nitrogens with zero attached hydrogens (tertiary/aromatic N) is 2. The molecule has 0 aliphatic heterocycles. The smallest absolute Gasteiger partial charge is 0.258 e. The maximum Gasteiger partial charge on any atom is 0.258 e. The monoisotopic (exact) mass is 351 g/mol. The molecule has 0 radical (unpaired) electrons. The molecule has 1 aromatic carbocycles. The first-order valence-corrected chi connectivity index (χ1v) is 7.62. The van der Waals surface area contributed by atoms with Gasteiger partial charge >= 0.3 is 0 Å². The summed E-state index contributed by atoms with van der Waals surface area (Å²) >= 11 is 3.39. The lowest BCUT2D eigenvalue weighted by molar-refractivity contribution is -0.123. The molecule has 0 aliphatic rings. The Morgan fingerprint density at radius 3 is 2.81 bits per heavy atom. The van der Waals surface area contributed by atoms with E-state index in [9.17, 15) is 4.79 Å². The van der Waals surface area contributed by atoms with Crippen LogP contribution in [0.25, 0.3) is 5.69 Å². The number of halogens is 1. The first-order valence-electron chi connectivity index (χ1n) is 6.83. The van der Waals surface area contributed by atoms with Crippen molar-refractivity contribution < 1.29 is 9.53 Å². The molecular weight excluding hydrogens is 334 g/mol. The Bertz CT molecular complexity index is 598. The van der Waals surface area contributed by atoms with Crippen LogP contribution in [0.15, 0.2) is 41.0 Å². The van der Waals surface area contributed by atoms with Crippen molar-refractivity contribution in [3.63, 3.8) is 0 Å². The van der Waals surface area contributed by atoms with Gasteiger partial charge in [-0.25, -0.2) is 4.68 Å². The van der Waals surface area contributed by atoms with Crippen LogP contribution in [0.1, 0.15) is 20.3 Å². The summed E-state index contributed by atoms with van der Waals surface area (Å²) < 4.78 is 7.87. The van der Waals surface area contributed by atoms with Crippen LogP contribution in [0.2, 0.25) is 0 Å². The molecule has 112 valence electrons. The van der Waals surface area contributed by atoms with Gasteiger partial charge in [-0.3, -0.25) is 4.79 Å². The normalized spacial score (nSPS) is 12.0. The molecule has 1 N–H and O–H groups in total. The molecule has 6 heteroatoms. The van der Waals surface area contributed by atoms with Gasteiger partial charge in [-0.1, -0.05) is 25.1 Å². The van der Waals surface area contributed by atoms with Crippen LogP contribution in [0.4, 0.5) is 0 Å². The molecule has 1 atom stereocenters. The third-order valence-electron chi connectivity index (χ3n) is 3.02. The molecule has 0 bridgehead atoms. The summed E-state index contributed by atoms with van der Waals surface area (Å²) in [6, 6.07) is 9.85. The van der Waals surface area contributed by atoms with E-state index >= 15 is 0 Å². The lowest BCUT2D eigenvalue weighted by atomic mass is 10.2. The second-order valence-electron chi connectivity index (χ2n) is 4.73. The second kappa shape index (κ2) is 7.26. The number of para-hydroxylation sites is 1. The van der Waals surface area contributed by atoms with Gasteiger partial charge in [0.25, 0.3) is 5.91 Å². The number of carbonyl (C=O) groups is 1. The van der Waals surface area contributed by atoms with Gasteiger partial charge in [0.05, 0.1) is 10.2 Å². The van der Waals surface area contributed by atoms with Crippen LogP contribution >= 0.6 is 15.9 Å². The first-order chi connectivity index (χ1) is 10.1. The maximum atomic E-state index is 11.7. The predicted octanol–water partition coefficient (Wildman–Crippen LogP) is 2.93. The predicted molar refractivity (Wildman–Crippen MR) is 84.7 cm³/mol. The van der Waals surface area contributed by atoms with Crippen LogP contribution in [-0.2, 0) is 4.79 Å². The molecule has 5 nitrogen and oxygen atoms in total. The molecule has 1 amide bonds. The Morgan fingerprint density at radius 1 is 1.43 bits per heavy atom. The van der Waals surface area contributed by atoms with Gasteiger partial charge in [0.15, 0.2) is 6.61 Å². The van der Waals surface area contributed by atoms with Gasteiger partial charge in [0.1, 0.15) is 0 Å². The van der Waals surface area contributed by atoms with Crippen molar-refractivity contribution in [2.24, 2.45) is 0 Å². The SMILES string of the molecule is CCC(C)NC(=O)COc1nn(-c2ccccc2)cc1Br. The van der Waals surface area contributed by atoms with E-state index in [1.807, 2.05) is 44.2 Å². The number of rotatable bonds is 6. The van der Waals surface area contributed by atoms with Gasteiger partial charge in [-0.2, -0.15) is 0 Å². The minimum Gasteiger partial charge on any atom is -0.466 e. The quantitative estimate of drug-likeness (QED) is 0.870. The average Bonchev–Trinajstić information content (AvgIpc) is 2.87. The third-order valence-corrected chi connectivity index (χ3v) is 3.56. The molecular formula is C15H18BrN3O2. The summed E-state index contributed by atoms with van der Waals surface area (Å²) in [7, 11) is 0. The highest BCUT2D eigenvalue weighted by Crippen LogP contribution is 2.24. The van der Waals surface area contributed by atoms with E-state index in [1.165, 1.54) is 0 Å². The summed E-state index contributed by atoms with van der Waals surface area (Å²) in [4.78, 5) is 11.7. The molecule has 0 spiro atoms. The fraction of sp³-hybridized carbons (Fsp3) is 0.333. The molecule has 0 aliphatic carbocycles. The zero-order valence-electron chi connectivity index (χ0n) is 12.0. The van der Waals surface area contributed by atoms with Crippen molar-refractivity contribution >= 4 is 21.8 Å². The standard InChI is InChI=1S/C15H18BrN3O2/c1-3-11(2)17-14(20)10-21-15-13(16)9-19(18-15)12-7-5-4-6-8-12/h4-9,11H,3,10H2,1-2H3,(H,17,20). The van der Waals surface area contributed by atoms with Crippen LogP contribution in [0, 0.1) is 0 Å². The number of carbonyl (C=O) groups excluding carboxylic acids is 1. The van der Waals surface area contributed by atoms with Crippen molar-refractivity contribution in [2.45, 2.75) is 26.3 Å². The highest BCUT2D eigenvalue weighted by molar-refractivity contribution is 9.10. The third kappa shape index (κ3) is 4.32. The molecule has 1 heterocycles. The average molecular weight is 352 g/mol. The Kier molecular flexibility index (Phi) is 5.38. The second-order valence-corrected chi connectivity index (χ2v) is 5.58. The molecule has 21 heavy (non-hydrogen) atoms. The number of nitrogens with one attached hydrogen (secondary N) is 1. The summed E-state index contributed by atoms with van der Waals surface area (Å²) in [5.41, 5.74) is 0.928. The topological polar surface area (TPSA) is 56.1 Å². The van der Waals surface area contributed by atoms with Crippen molar-refractivity contribution in [3.8, 4) is 11.6 Å². The fourth-order valence-corrected chi connectivity index (χ4v) is 2.09. The van der Waals surface area contributed by atoms with Gasteiger partial charge in [0.2, 0.25) is 5.88 Å². The zero-order chi connectivity index (χ0) is 15.2. The number of hydrogen-bond donors (Lipinski definition) is 1. The Balaban J connectivity index is 1.99. The van der Waals surface area contributed by atoms with Crippen molar-refractivity contribution in [2.75, 3.05) is 6.61 Å². The largest absolute Gasteiger partial charge is 0.466 e. The number of ether oxygens (including phenoxy) is 1.